The minimum absolute atomic E-state index is 0.176. The van der Waals surface area contributed by atoms with Gasteiger partial charge >= 0.3 is 6.09 Å². The summed E-state index contributed by atoms with van der Waals surface area (Å²) < 4.78 is 4.60. The lowest BCUT2D eigenvalue weighted by Crippen LogP contribution is -2.12. The van der Waals surface area contributed by atoms with E-state index < -0.39 is 6.09 Å². The number of ether oxygens (including phenoxy) is 1. The van der Waals surface area contributed by atoms with E-state index in [1.54, 1.807) is 0 Å². The van der Waals surface area contributed by atoms with E-state index in [0.717, 1.165) is 10.5 Å². The van der Waals surface area contributed by atoms with Gasteiger partial charge in [0, 0.05) is 10.5 Å². The summed E-state index contributed by atoms with van der Waals surface area (Å²) in [5.41, 5.74) is 5.65. The fraction of sp³-hybridized carbons (Fsp3) is 0.125. The van der Waals surface area contributed by atoms with Crippen LogP contribution in [0, 0.1) is 0 Å². The SMILES string of the molecule is NC(=O)OCc1ccccc1S. The molecule has 0 radical (unpaired) electrons. The highest BCUT2D eigenvalue weighted by Crippen LogP contribution is 2.13. The highest BCUT2D eigenvalue weighted by atomic mass is 32.1. The van der Waals surface area contributed by atoms with Crippen molar-refractivity contribution >= 4 is 18.7 Å². The maximum atomic E-state index is 10.3. The second-order valence-electron chi connectivity index (χ2n) is 2.24. The molecule has 64 valence electrons. The van der Waals surface area contributed by atoms with E-state index in [2.05, 4.69) is 17.4 Å². The number of hydrogen-bond acceptors (Lipinski definition) is 3. The van der Waals surface area contributed by atoms with Crippen molar-refractivity contribution in [1.82, 2.24) is 0 Å². The lowest BCUT2D eigenvalue weighted by molar-refractivity contribution is 0.149. The number of primary amides is 1. The van der Waals surface area contributed by atoms with Crippen LogP contribution in [0.3, 0.4) is 0 Å². The summed E-state index contributed by atoms with van der Waals surface area (Å²) in [6, 6.07) is 7.35. The van der Waals surface area contributed by atoms with Crippen molar-refractivity contribution in [2.24, 2.45) is 5.73 Å². The molecule has 1 rings (SSSR count). The predicted molar refractivity (Wildman–Crippen MR) is 48.1 cm³/mol. The van der Waals surface area contributed by atoms with Gasteiger partial charge in [-0.1, -0.05) is 18.2 Å². The summed E-state index contributed by atoms with van der Waals surface area (Å²) in [5, 5.41) is 0. The topological polar surface area (TPSA) is 52.3 Å². The summed E-state index contributed by atoms with van der Waals surface area (Å²) in [5.74, 6) is 0. The third-order valence-electron chi connectivity index (χ3n) is 1.36. The molecule has 1 aromatic rings. The highest BCUT2D eigenvalue weighted by Gasteiger charge is 1.99. The molecule has 0 bridgehead atoms. The van der Waals surface area contributed by atoms with E-state index in [1.165, 1.54) is 0 Å². The van der Waals surface area contributed by atoms with E-state index in [0.29, 0.717) is 0 Å². The first-order valence-corrected chi connectivity index (χ1v) is 3.84. The van der Waals surface area contributed by atoms with Crippen molar-refractivity contribution in [3.63, 3.8) is 0 Å². The standard InChI is InChI=1S/C8H9NO2S/c9-8(10)11-5-6-3-1-2-4-7(6)12/h1-4,12H,5H2,(H2,9,10). The fourth-order valence-corrected chi connectivity index (χ4v) is 1.01. The quantitative estimate of drug-likeness (QED) is 0.684. The molecule has 0 aliphatic carbocycles. The van der Waals surface area contributed by atoms with E-state index in [1.807, 2.05) is 24.3 Å². The van der Waals surface area contributed by atoms with Crippen LogP contribution in [0.1, 0.15) is 5.56 Å². The molecule has 1 aromatic carbocycles. The zero-order valence-electron chi connectivity index (χ0n) is 6.36. The van der Waals surface area contributed by atoms with Crippen LogP contribution in [0.4, 0.5) is 4.79 Å². The molecule has 12 heavy (non-hydrogen) atoms. The van der Waals surface area contributed by atoms with Gasteiger partial charge in [-0.2, -0.15) is 0 Å². The van der Waals surface area contributed by atoms with Gasteiger partial charge in [-0.3, -0.25) is 0 Å². The highest BCUT2D eigenvalue weighted by molar-refractivity contribution is 7.80. The van der Waals surface area contributed by atoms with Gasteiger partial charge in [0.2, 0.25) is 0 Å². The zero-order valence-corrected chi connectivity index (χ0v) is 7.25. The monoisotopic (exact) mass is 183 g/mol. The van der Waals surface area contributed by atoms with Crippen molar-refractivity contribution in [2.75, 3.05) is 0 Å². The molecule has 3 nitrogen and oxygen atoms in total. The largest absolute Gasteiger partial charge is 0.445 e. The van der Waals surface area contributed by atoms with Crippen LogP contribution in [0.15, 0.2) is 29.2 Å². The number of thiol groups is 1. The minimum Gasteiger partial charge on any atom is -0.445 e. The Hall–Kier alpha value is -1.16. The number of rotatable bonds is 2. The summed E-state index contributed by atoms with van der Waals surface area (Å²) in [7, 11) is 0. The van der Waals surface area contributed by atoms with Crippen molar-refractivity contribution in [1.29, 1.82) is 0 Å². The molecule has 0 aliphatic heterocycles. The van der Waals surface area contributed by atoms with Crippen molar-refractivity contribution in [3.8, 4) is 0 Å². The first-order valence-electron chi connectivity index (χ1n) is 3.39. The van der Waals surface area contributed by atoms with Crippen molar-refractivity contribution < 1.29 is 9.53 Å². The van der Waals surface area contributed by atoms with Gasteiger partial charge in [0.15, 0.2) is 0 Å². The first kappa shape index (κ1) is 8.93. The molecule has 0 heterocycles. The summed E-state index contributed by atoms with van der Waals surface area (Å²) >= 11 is 4.17. The number of benzene rings is 1. The molecule has 0 unspecified atom stereocenters. The van der Waals surface area contributed by atoms with E-state index in [4.69, 9.17) is 5.73 Å². The normalized spacial score (nSPS) is 9.42. The number of carbonyl (C=O) groups is 1. The van der Waals surface area contributed by atoms with Gasteiger partial charge in [-0.05, 0) is 6.07 Å². The minimum atomic E-state index is -0.772. The molecular formula is C8H9NO2S. The predicted octanol–water partition coefficient (Wildman–Crippen LogP) is 1.57. The van der Waals surface area contributed by atoms with Crippen LogP contribution in [-0.4, -0.2) is 6.09 Å². The first-order chi connectivity index (χ1) is 5.70. The molecule has 0 fully saturated rings. The second kappa shape index (κ2) is 4.01. The second-order valence-corrected chi connectivity index (χ2v) is 2.72. The van der Waals surface area contributed by atoms with Gasteiger partial charge in [-0.15, -0.1) is 12.6 Å². The van der Waals surface area contributed by atoms with E-state index >= 15 is 0 Å². The molecule has 0 aromatic heterocycles. The maximum Gasteiger partial charge on any atom is 0.404 e. The Morgan fingerprint density at radius 1 is 1.50 bits per heavy atom. The zero-order chi connectivity index (χ0) is 8.97. The molecule has 1 amide bonds. The van der Waals surface area contributed by atoms with E-state index in [-0.39, 0.29) is 6.61 Å². The Labute approximate surface area is 75.9 Å². The molecule has 0 spiro atoms. The summed E-state index contributed by atoms with van der Waals surface area (Å²) in [6.07, 6.45) is -0.772. The number of carbonyl (C=O) groups excluding carboxylic acids is 1. The van der Waals surface area contributed by atoms with E-state index in [9.17, 15) is 4.79 Å². The van der Waals surface area contributed by atoms with Gasteiger partial charge in [-0.25, -0.2) is 4.79 Å². The molecule has 4 heteroatoms. The molecule has 0 aliphatic rings. The van der Waals surface area contributed by atoms with Gasteiger partial charge in [0.1, 0.15) is 6.61 Å². The number of amides is 1. The number of hydrogen-bond donors (Lipinski definition) is 2. The molecule has 0 saturated heterocycles. The summed E-state index contributed by atoms with van der Waals surface area (Å²) in [4.78, 5) is 11.0. The third-order valence-corrected chi connectivity index (χ3v) is 1.80. The Bertz CT molecular complexity index is 288. The Morgan fingerprint density at radius 3 is 2.75 bits per heavy atom. The average Bonchev–Trinajstić information content (AvgIpc) is 2.03. The van der Waals surface area contributed by atoms with Crippen LogP contribution in [-0.2, 0) is 11.3 Å². The smallest absolute Gasteiger partial charge is 0.404 e. The number of nitrogens with two attached hydrogens (primary N) is 1. The van der Waals surface area contributed by atoms with Gasteiger partial charge in [0.05, 0.1) is 0 Å². The van der Waals surface area contributed by atoms with Gasteiger partial charge in [0.25, 0.3) is 0 Å². The Balaban J connectivity index is 2.63. The Kier molecular flexibility index (Phi) is 2.99. The molecule has 0 saturated carbocycles. The van der Waals surface area contributed by atoms with Crippen molar-refractivity contribution in [2.45, 2.75) is 11.5 Å². The van der Waals surface area contributed by atoms with Crippen LogP contribution in [0.25, 0.3) is 0 Å². The molecule has 2 N–H and O–H groups in total. The van der Waals surface area contributed by atoms with Crippen LogP contribution < -0.4 is 5.73 Å². The lowest BCUT2D eigenvalue weighted by Gasteiger charge is -2.03. The van der Waals surface area contributed by atoms with Gasteiger partial charge < -0.3 is 10.5 Å². The van der Waals surface area contributed by atoms with Crippen LogP contribution in [0.2, 0.25) is 0 Å². The molecule has 0 atom stereocenters. The summed E-state index contributed by atoms with van der Waals surface area (Å²) in [6.45, 7) is 0.176. The third kappa shape index (κ3) is 2.47. The Morgan fingerprint density at radius 2 is 2.17 bits per heavy atom. The van der Waals surface area contributed by atoms with Crippen LogP contribution in [0.5, 0.6) is 0 Å². The van der Waals surface area contributed by atoms with Crippen LogP contribution >= 0.6 is 12.6 Å². The molecular weight excluding hydrogens is 174 g/mol. The maximum absolute atomic E-state index is 10.3. The van der Waals surface area contributed by atoms with Crippen molar-refractivity contribution in [3.05, 3.63) is 29.8 Å². The average molecular weight is 183 g/mol. The lowest BCUT2D eigenvalue weighted by atomic mass is 10.2. The fourth-order valence-electron chi connectivity index (χ4n) is 0.782.